The number of esters is 2. The minimum Gasteiger partial charge on any atom is -0.459 e. The van der Waals surface area contributed by atoms with Gasteiger partial charge in [0.25, 0.3) is 0 Å². The fourth-order valence-corrected chi connectivity index (χ4v) is 5.38. The Labute approximate surface area is 214 Å². The molecule has 2 aromatic rings. The molecule has 0 aromatic carbocycles. The predicted molar refractivity (Wildman–Crippen MR) is 140 cm³/mol. The van der Waals surface area contributed by atoms with E-state index in [4.69, 9.17) is 9.47 Å². The zero-order valence-corrected chi connectivity index (χ0v) is 23.2. The van der Waals surface area contributed by atoms with Gasteiger partial charge in [0.15, 0.2) is 0 Å². The van der Waals surface area contributed by atoms with Gasteiger partial charge >= 0.3 is 11.9 Å². The summed E-state index contributed by atoms with van der Waals surface area (Å²) in [6.45, 7) is 14.5. The number of thiophene rings is 2. The fraction of sp³-hybridized carbons (Fsp3) is 0.520. The molecule has 0 aliphatic heterocycles. The van der Waals surface area contributed by atoms with E-state index in [-0.39, 0.29) is 36.9 Å². The van der Waals surface area contributed by atoms with Crippen LogP contribution in [-0.4, -0.2) is 36.0 Å². The van der Waals surface area contributed by atoms with Crippen LogP contribution in [0.1, 0.15) is 88.6 Å². The Morgan fingerprint density at radius 3 is 1.34 bits per heavy atom. The van der Waals surface area contributed by atoms with E-state index < -0.39 is 11.9 Å². The zero-order chi connectivity index (χ0) is 26.4. The maximum absolute atomic E-state index is 12.5. The monoisotopic (exact) mass is 522 g/mol. The zero-order valence-electron chi connectivity index (χ0n) is 21.5. The highest BCUT2D eigenvalue weighted by Crippen LogP contribution is 2.34. The van der Waals surface area contributed by atoms with Crippen LogP contribution in [0.25, 0.3) is 0 Å². The van der Waals surface area contributed by atoms with Gasteiger partial charge in [0.05, 0.1) is 23.3 Å². The Hall–Kier alpha value is -2.72. The molecule has 0 bridgehead atoms. The maximum Gasteiger partial charge on any atom is 0.341 e. The Bertz CT molecular complexity index is 1030. The van der Waals surface area contributed by atoms with E-state index in [1.54, 1.807) is 27.7 Å². The van der Waals surface area contributed by atoms with Crippen molar-refractivity contribution >= 4 is 56.4 Å². The molecule has 0 atom stereocenters. The lowest BCUT2D eigenvalue weighted by Crippen LogP contribution is -2.18. The molecule has 0 aliphatic rings. The van der Waals surface area contributed by atoms with Crippen LogP contribution in [0.4, 0.5) is 10.0 Å². The molecule has 8 nitrogen and oxygen atoms in total. The van der Waals surface area contributed by atoms with Gasteiger partial charge in [-0.2, -0.15) is 0 Å². The van der Waals surface area contributed by atoms with E-state index >= 15 is 0 Å². The van der Waals surface area contributed by atoms with Gasteiger partial charge in [-0.3, -0.25) is 9.59 Å². The predicted octanol–water partition coefficient (Wildman–Crippen LogP) is 5.92. The highest BCUT2D eigenvalue weighted by atomic mass is 32.1. The van der Waals surface area contributed by atoms with Crippen molar-refractivity contribution in [1.29, 1.82) is 0 Å². The summed E-state index contributed by atoms with van der Waals surface area (Å²) in [5.74, 6) is -1.52. The van der Waals surface area contributed by atoms with Crippen LogP contribution < -0.4 is 10.6 Å². The van der Waals surface area contributed by atoms with Crippen LogP contribution in [0.5, 0.6) is 0 Å². The maximum atomic E-state index is 12.5. The first kappa shape index (κ1) is 28.5. The van der Waals surface area contributed by atoms with Crippen LogP contribution in [-0.2, 0) is 19.1 Å². The first-order valence-corrected chi connectivity index (χ1v) is 13.2. The second-order valence-electron chi connectivity index (χ2n) is 8.83. The Kier molecular flexibility index (Phi) is 10.0. The summed E-state index contributed by atoms with van der Waals surface area (Å²) in [5, 5.41) is 6.49. The number of aryl methyl sites for hydroxylation is 2. The number of ether oxygens (including phenoxy) is 2. The number of hydrogen-bond acceptors (Lipinski definition) is 8. The molecular weight excluding hydrogens is 488 g/mol. The normalized spacial score (nSPS) is 11.0. The van der Waals surface area contributed by atoms with Gasteiger partial charge in [0.1, 0.15) is 10.0 Å². The van der Waals surface area contributed by atoms with Crippen LogP contribution in [0.2, 0.25) is 0 Å². The van der Waals surface area contributed by atoms with E-state index in [1.165, 1.54) is 22.7 Å². The molecule has 2 heterocycles. The molecule has 10 heteroatoms. The van der Waals surface area contributed by atoms with Crippen molar-refractivity contribution in [1.82, 2.24) is 0 Å². The smallest absolute Gasteiger partial charge is 0.341 e. The molecule has 0 spiro atoms. The summed E-state index contributed by atoms with van der Waals surface area (Å²) in [6, 6.07) is 0. The molecule has 0 saturated carbocycles. The highest BCUT2D eigenvalue weighted by molar-refractivity contribution is 7.17. The second-order valence-corrected chi connectivity index (χ2v) is 11.3. The van der Waals surface area contributed by atoms with Crippen LogP contribution in [0.3, 0.4) is 0 Å². The third-order valence-electron chi connectivity index (χ3n) is 5.18. The Morgan fingerprint density at radius 1 is 0.686 bits per heavy atom. The Balaban J connectivity index is 1.96. The van der Waals surface area contributed by atoms with Crippen molar-refractivity contribution in [2.45, 2.75) is 86.9 Å². The third kappa shape index (κ3) is 7.63. The minimum absolute atomic E-state index is 0.104. The van der Waals surface area contributed by atoms with Crippen molar-refractivity contribution in [3.63, 3.8) is 0 Å². The number of anilines is 2. The summed E-state index contributed by atoms with van der Waals surface area (Å²) >= 11 is 2.65. The quantitative estimate of drug-likeness (QED) is 0.375. The molecular formula is C25H34N2O6S2. The van der Waals surface area contributed by atoms with Gasteiger partial charge < -0.3 is 20.1 Å². The van der Waals surface area contributed by atoms with E-state index in [0.717, 1.165) is 20.9 Å². The van der Waals surface area contributed by atoms with Gasteiger partial charge in [0, 0.05) is 22.6 Å². The van der Waals surface area contributed by atoms with Crippen LogP contribution >= 0.6 is 22.7 Å². The van der Waals surface area contributed by atoms with Crippen LogP contribution in [0, 0.1) is 27.7 Å². The topological polar surface area (TPSA) is 111 Å². The number of hydrogen-bond donors (Lipinski definition) is 2. The van der Waals surface area contributed by atoms with Crippen molar-refractivity contribution in [2.24, 2.45) is 0 Å². The van der Waals surface area contributed by atoms with Gasteiger partial charge in [-0.1, -0.05) is 0 Å². The van der Waals surface area contributed by atoms with Gasteiger partial charge in [-0.25, -0.2) is 9.59 Å². The number of carbonyl (C=O) groups is 4. The fourth-order valence-electron chi connectivity index (χ4n) is 3.26. The number of nitrogens with one attached hydrogen (secondary N) is 2. The molecule has 0 unspecified atom stereocenters. The molecule has 2 aromatic heterocycles. The molecule has 192 valence electrons. The van der Waals surface area contributed by atoms with E-state index in [0.29, 0.717) is 27.5 Å². The molecule has 35 heavy (non-hydrogen) atoms. The molecule has 0 saturated heterocycles. The van der Waals surface area contributed by atoms with Crippen molar-refractivity contribution in [3.8, 4) is 0 Å². The molecule has 2 N–H and O–H groups in total. The van der Waals surface area contributed by atoms with Crippen molar-refractivity contribution in [2.75, 3.05) is 10.6 Å². The Morgan fingerprint density at radius 2 is 1.03 bits per heavy atom. The highest BCUT2D eigenvalue weighted by Gasteiger charge is 2.24. The summed E-state index contributed by atoms with van der Waals surface area (Å²) in [4.78, 5) is 51.8. The third-order valence-corrected chi connectivity index (χ3v) is 7.42. The summed E-state index contributed by atoms with van der Waals surface area (Å²) in [6.07, 6.45) is -0.0256. The van der Waals surface area contributed by atoms with E-state index in [1.807, 2.05) is 27.7 Å². The molecule has 0 fully saturated rings. The summed E-state index contributed by atoms with van der Waals surface area (Å²) in [5.41, 5.74) is 2.31. The minimum atomic E-state index is -0.468. The number of carbonyl (C=O) groups excluding carboxylic acids is 4. The lowest BCUT2D eigenvalue weighted by molar-refractivity contribution is -0.117. The average molecular weight is 523 g/mol. The number of amides is 2. The molecule has 2 amide bonds. The molecule has 0 aliphatic carbocycles. The largest absolute Gasteiger partial charge is 0.459 e. The van der Waals surface area contributed by atoms with Crippen molar-refractivity contribution < 1.29 is 28.7 Å². The SMILES string of the molecule is Cc1sc(NC(=O)CCCC(=O)Nc2sc(C)c(C)c2C(=O)OC(C)C)c(C(=O)OC(C)C)c1C. The average Bonchev–Trinajstić information content (AvgIpc) is 3.15. The molecule has 0 radical (unpaired) electrons. The van der Waals surface area contributed by atoms with Crippen LogP contribution in [0.15, 0.2) is 0 Å². The summed E-state index contributed by atoms with van der Waals surface area (Å²) < 4.78 is 10.6. The number of rotatable bonds is 10. The second kappa shape index (κ2) is 12.3. The van der Waals surface area contributed by atoms with E-state index in [9.17, 15) is 19.2 Å². The van der Waals surface area contributed by atoms with Crippen molar-refractivity contribution in [3.05, 3.63) is 32.0 Å². The van der Waals surface area contributed by atoms with E-state index in [2.05, 4.69) is 10.6 Å². The summed E-state index contributed by atoms with van der Waals surface area (Å²) in [7, 11) is 0. The standard InChI is InChI=1S/C25H34N2O6S2/c1-12(2)32-24(30)20-14(5)16(7)34-22(20)26-18(28)10-9-11-19(29)27-23-21(15(6)17(8)35-23)25(31)33-13(3)4/h12-13H,9-11H2,1-8H3,(H,26,28)(H,27,29). The molecule has 2 rings (SSSR count). The lowest BCUT2D eigenvalue weighted by atomic mass is 10.1. The first-order chi connectivity index (χ1) is 16.3. The van der Waals surface area contributed by atoms with Gasteiger partial charge in [0.2, 0.25) is 11.8 Å². The van der Waals surface area contributed by atoms with Gasteiger partial charge in [-0.15, -0.1) is 22.7 Å². The first-order valence-electron chi connectivity index (χ1n) is 11.5. The lowest BCUT2D eigenvalue weighted by Gasteiger charge is -2.11. The van der Waals surface area contributed by atoms with Gasteiger partial charge in [-0.05, 0) is 72.9 Å².